The van der Waals surface area contributed by atoms with E-state index in [1.807, 2.05) is 45.9 Å². The minimum Gasteiger partial charge on any atom is -0.444 e. The molecule has 0 aliphatic heterocycles. The van der Waals surface area contributed by atoms with Gasteiger partial charge in [-0.2, -0.15) is 0 Å². The van der Waals surface area contributed by atoms with Crippen molar-refractivity contribution in [3.05, 3.63) is 37.5 Å². The van der Waals surface area contributed by atoms with Gasteiger partial charge in [0.25, 0.3) is 0 Å². The first kappa shape index (κ1) is 17.5. The van der Waals surface area contributed by atoms with E-state index in [-0.39, 0.29) is 12.1 Å². The molecule has 19 heavy (non-hydrogen) atoms. The third-order valence-electron chi connectivity index (χ3n) is 2.37. The summed E-state index contributed by atoms with van der Waals surface area (Å²) in [6.07, 6.45) is 8.61. The third-order valence-corrected chi connectivity index (χ3v) is 2.37. The van der Waals surface area contributed by atoms with Gasteiger partial charge in [-0.25, -0.2) is 4.79 Å². The Morgan fingerprint density at radius 3 is 2.42 bits per heavy atom. The monoisotopic (exact) mass is 265 g/mol. The van der Waals surface area contributed by atoms with Gasteiger partial charge in [0.2, 0.25) is 0 Å². The molecule has 0 fully saturated rings. The summed E-state index contributed by atoms with van der Waals surface area (Å²) in [5.41, 5.74) is -0.482. The zero-order valence-corrected chi connectivity index (χ0v) is 12.7. The van der Waals surface area contributed by atoms with Crippen LogP contribution in [0.2, 0.25) is 0 Å². The second kappa shape index (κ2) is 8.57. The molecule has 0 saturated heterocycles. The van der Waals surface area contributed by atoms with Crippen LogP contribution in [0.3, 0.4) is 0 Å². The van der Waals surface area contributed by atoms with Crippen LogP contribution in [0.25, 0.3) is 0 Å². The van der Waals surface area contributed by atoms with Gasteiger partial charge in [0, 0.05) is 6.54 Å². The summed E-state index contributed by atoms with van der Waals surface area (Å²) in [7, 11) is 0. The van der Waals surface area contributed by atoms with E-state index in [0.717, 1.165) is 6.42 Å². The minimum atomic E-state index is -0.482. The molecule has 0 aromatic heterocycles. The van der Waals surface area contributed by atoms with Gasteiger partial charge in [0.05, 0.1) is 6.04 Å². The molecule has 0 aliphatic carbocycles. The summed E-state index contributed by atoms with van der Waals surface area (Å²) in [4.78, 5) is 14.0. The summed E-state index contributed by atoms with van der Waals surface area (Å²) in [6, 6.07) is -0.0368. The average Bonchev–Trinajstić information content (AvgIpc) is 2.29. The number of carbonyl (C=O) groups excluding carboxylic acids is 1. The van der Waals surface area contributed by atoms with Crippen LogP contribution < -0.4 is 0 Å². The third kappa shape index (κ3) is 7.50. The van der Waals surface area contributed by atoms with Crippen LogP contribution in [0.1, 0.15) is 40.5 Å². The maximum absolute atomic E-state index is 12.2. The van der Waals surface area contributed by atoms with Crippen LogP contribution >= 0.6 is 0 Å². The Balaban J connectivity index is 5.00. The van der Waals surface area contributed by atoms with E-state index in [4.69, 9.17) is 4.74 Å². The van der Waals surface area contributed by atoms with Gasteiger partial charge in [-0.3, -0.25) is 0 Å². The zero-order chi connectivity index (χ0) is 14.9. The Morgan fingerprint density at radius 1 is 1.37 bits per heavy atom. The summed E-state index contributed by atoms with van der Waals surface area (Å²) < 4.78 is 5.45. The van der Waals surface area contributed by atoms with Gasteiger partial charge in [-0.1, -0.05) is 37.8 Å². The largest absolute Gasteiger partial charge is 0.444 e. The van der Waals surface area contributed by atoms with Crippen LogP contribution in [0, 0.1) is 0 Å². The maximum Gasteiger partial charge on any atom is 0.410 e. The fourth-order valence-corrected chi connectivity index (χ4v) is 1.64. The van der Waals surface area contributed by atoms with E-state index < -0.39 is 5.60 Å². The standard InChI is InChI=1S/C16H27NO2/c1-7-10-12-14(11-8-2)17(13-9-3)15(18)19-16(4,5)6/h7-8,10,12,14H,1-2,9,11,13H2,3-6H3. The predicted molar refractivity (Wildman–Crippen MR) is 81.2 cm³/mol. The molecule has 0 aromatic rings. The Bertz CT molecular complexity index is 326. The Kier molecular flexibility index (Phi) is 7.89. The summed E-state index contributed by atoms with van der Waals surface area (Å²) in [6.45, 7) is 15.7. The van der Waals surface area contributed by atoms with E-state index in [2.05, 4.69) is 13.2 Å². The van der Waals surface area contributed by atoms with Crippen LogP contribution in [-0.2, 0) is 4.74 Å². The maximum atomic E-state index is 12.2. The van der Waals surface area contributed by atoms with E-state index in [1.54, 1.807) is 11.0 Å². The fraction of sp³-hybridized carbons (Fsp3) is 0.562. The van der Waals surface area contributed by atoms with Gasteiger partial charge < -0.3 is 9.64 Å². The van der Waals surface area contributed by atoms with E-state index in [1.165, 1.54) is 0 Å². The van der Waals surface area contributed by atoms with Gasteiger partial charge in [0.1, 0.15) is 5.60 Å². The van der Waals surface area contributed by atoms with E-state index in [0.29, 0.717) is 13.0 Å². The molecule has 0 heterocycles. The molecule has 0 aliphatic rings. The number of ether oxygens (including phenoxy) is 1. The molecule has 1 atom stereocenters. The number of amides is 1. The lowest BCUT2D eigenvalue weighted by molar-refractivity contribution is 0.0201. The molecule has 3 heteroatoms. The number of carbonyl (C=O) groups is 1. The molecule has 1 unspecified atom stereocenters. The summed E-state index contributed by atoms with van der Waals surface area (Å²) >= 11 is 0. The molecule has 0 saturated carbocycles. The van der Waals surface area contributed by atoms with Crippen molar-refractivity contribution in [2.24, 2.45) is 0 Å². The SMILES string of the molecule is C=CC=CC(CC=C)N(CCC)C(=O)OC(C)(C)C. The number of hydrogen-bond acceptors (Lipinski definition) is 2. The Morgan fingerprint density at radius 2 is 2.00 bits per heavy atom. The first-order valence-electron chi connectivity index (χ1n) is 6.75. The Labute approximate surface area is 117 Å². The average molecular weight is 265 g/mol. The van der Waals surface area contributed by atoms with E-state index >= 15 is 0 Å². The quantitative estimate of drug-likeness (QED) is 0.507. The number of nitrogens with zero attached hydrogens (tertiary/aromatic N) is 1. The molecular weight excluding hydrogens is 238 g/mol. The molecule has 0 rings (SSSR count). The minimum absolute atomic E-state index is 0.0368. The molecule has 0 N–H and O–H groups in total. The highest BCUT2D eigenvalue weighted by Gasteiger charge is 2.25. The van der Waals surface area contributed by atoms with Crippen LogP contribution in [0.4, 0.5) is 4.79 Å². The first-order chi connectivity index (χ1) is 8.85. The molecule has 0 spiro atoms. The lowest BCUT2D eigenvalue weighted by Crippen LogP contribution is -2.43. The van der Waals surface area contributed by atoms with Gasteiger partial charge in [0.15, 0.2) is 0 Å². The lowest BCUT2D eigenvalue weighted by atomic mass is 10.1. The Hall–Kier alpha value is -1.51. The first-order valence-corrected chi connectivity index (χ1v) is 6.75. The van der Waals surface area contributed by atoms with Crippen molar-refractivity contribution in [1.29, 1.82) is 0 Å². The summed E-state index contributed by atoms with van der Waals surface area (Å²) in [5.74, 6) is 0. The molecule has 0 radical (unpaired) electrons. The highest BCUT2D eigenvalue weighted by molar-refractivity contribution is 5.69. The van der Waals surface area contributed by atoms with Crippen LogP contribution in [-0.4, -0.2) is 29.2 Å². The topological polar surface area (TPSA) is 29.5 Å². The molecule has 0 aromatic carbocycles. The van der Waals surface area contributed by atoms with Crippen LogP contribution in [0.15, 0.2) is 37.5 Å². The van der Waals surface area contributed by atoms with Crippen molar-refractivity contribution in [1.82, 2.24) is 4.90 Å². The van der Waals surface area contributed by atoms with Gasteiger partial charge in [-0.05, 0) is 33.6 Å². The molecule has 0 bridgehead atoms. The van der Waals surface area contributed by atoms with Gasteiger partial charge >= 0.3 is 6.09 Å². The van der Waals surface area contributed by atoms with Crippen molar-refractivity contribution < 1.29 is 9.53 Å². The van der Waals surface area contributed by atoms with Crippen molar-refractivity contribution in [3.63, 3.8) is 0 Å². The second-order valence-corrected chi connectivity index (χ2v) is 5.39. The lowest BCUT2D eigenvalue weighted by Gasteiger charge is -2.31. The fourth-order valence-electron chi connectivity index (χ4n) is 1.64. The summed E-state index contributed by atoms with van der Waals surface area (Å²) in [5, 5.41) is 0. The molecular formula is C16H27NO2. The molecule has 1 amide bonds. The molecule has 3 nitrogen and oxygen atoms in total. The highest BCUT2D eigenvalue weighted by Crippen LogP contribution is 2.15. The zero-order valence-electron chi connectivity index (χ0n) is 12.7. The van der Waals surface area contributed by atoms with E-state index in [9.17, 15) is 4.79 Å². The van der Waals surface area contributed by atoms with Crippen LogP contribution in [0.5, 0.6) is 0 Å². The van der Waals surface area contributed by atoms with Crippen molar-refractivity contribution in [2.45, 2.75) is 52.2 Å². The van der Waals surface area contributed by atoms with Gasteiger partial charge in [-0.15, -0.1) is 6.58 Å². The normalized spacial score (nSPS) is 13.1. The number of allylic oxidation sites excluding steroid dienone is 2. The highest BCUT2D eigenvalue weighted by atomic mass is 16.6. The smallest absolute Gasteiger partial charge is 0.410 e. The van der Waals surface area contributed by atoms with Crippen molar-refractivity contribution in [2.75, 3.05) is 6.54 Å². The van der Waals surface area contributed by atoms with Crippen molar-refractivity contribution in [3.8, 4) is 0 Å². The number of hydrogen-bond donors (Lipinski definition) is 0. The second-order valence-electron chi connectivity index (χ2n) is 5.39. The van der Waals surface area contributed by atoms with Crippen molar-refractivity contribution >= 4 is 6.09 Å². The number of rotatable bonds is 7. The predicted octanol–water partition coefficient (Wildman–Crippen LogP) is 4.32. The molecule has 108 valence electrons.